The van der Waals surface area contributed by atoms with Crippen molar-refractivity contribution in [1.82, 2.24) is 25.1 Å². The highest BCUT2D eigenvalue weighted by Gasteiger charge is 2.18. The summed E-state index contributed by atoms with van der Waals surface area (Å²) in [6, 6.07) is 15.4. The van der Waals surface area contributed by atoms with Gasteiger partial charge in [-0.3, -0.25) is 9.59 Å². The van der Waals surface area contributed by atoms with Crippen LogP contribution in [-0.2, 0) is 11.3 Å². The first kappa shape index (κ1) is 18.5. The van der Waals surface area contributed by atoms with E-state index >= 15 is 0 Å². The monoisotopic (exact) mass is 391 g/mol. The third-order valence-corrected chi connectivity index (χ3v) is 4.58. The van der Waals surface area contributed by atoms with Gasteiger partial charge in [0.25, 0.3) is 5.56 Å². The van der Waals surface area contributed by atoms with Gasteiger partial charge in [0.1, 0.15) is 17.7 Å². The molecule has 4 aromatic rings. The summed E-state index contributed by atoms with van der Waals surface area (Å²) in [4.78, 5) is 32.4. The summed E-state index contributed by atoms with van der Waals surface area (Å²) in [7, 11) is 0. The van der Waals surface area contributed by atoms with E-state index in [9.17, 15) is 14.0 Å². The smallest absolute Gasteiger partial charge is 0.267 e. The summed E-state index contributed by atoms with van der Waals surface area (Å²) in [6.07, 6.45) is 0. The van der Waals surface area contributed by atoms with Gasteiger partial charge in [0.15, 0.2) is 0 Å². The van der Waals surface area contributed by atoms with Crippen LogP contribution in [0.2, 0.25) is 0 Å². The highest BCUT2D eigenvalue weighted by atomic mass is 19.1. The summed E-state index contributed by atoms with van der Waals surface area (Å²) in [6.45, 7) is 1.79. The lowest BCUT2D eigenvalue weighted by molar-refractivity contribution is -0.124. The number of amides is 1. The first-order valence-electron chi connectivity index (χ1n) is 9.08. The summed E-state index contributed by atoms with van der Waals surface area (Å²) >= 11 is 0. The third-order valence-electron chi connectivity index (χ3n) is 4.58. The summed E-state index contributed by atoms with van der Waals surface area (Å²) < 4.78 is 14.3. The van der Waals surface area contributed by atoms with Gasteiger partial charge in [-0.1, -0.05) is 12.1 Å². The van der Waals surface area contributed by atoms with E-state index < -0.39 is 11.6 Å². The standard InChI is InChI=1S/C21H18FN5O2/c1-13(21(29)23-12-19-24-17-4-2-3-5-18(17)25-19)27-20(28)11-10-16(26-27)14-6-8-15(22)9-7-14/h2-11,13H,12H2,1H3,(H,23,29)(H,24,25)/t13-/m1/s1. The Balaban J connectivity index is 1.51. The van der Waals surface area contributed by atoms with Gasteiger partial charge in [-0.15, -0.1) is 0 Å². The zero-order chi connectivity index (χ0) is 20.4. The average Bonchev–Trinajstić information content (AvgIpc) is 3.15. The first-order valence-corrected chi connectivity index (χ1v) is 9.08. The topological polar surface area (TPSA) is 92.7 Å². The molecule has 4 rings (SSSR count). The molecule has 0 saturated carbocycles. The van der Waals surface area contributed by atoms with Crippen molar-refractivity contribution in [2.45, 2.75) is 19.5 Å². The maximum Gasteiger partial charge on any atom is 0.267 e. The predicted molar refractivity (Wildman–Crippen MR) is 107 cm³/mol. The predicted octanol–water partition coefficient (Wildman–Crippen LogP) is 2.80. The molecule has 0 spiro atoms. The van der Waals surface area contributed by atoms with Crippen LogP contribution in [0.25, 0.3) is 22.3 Å². The molecule has 0 saturated heterocycles. The molecule has 0 aliphatic heterocycles. The number of benzene rings is 2. The number of nitrogens with one attached hydrogen (secondary N) is 2. The minimum Gasteiger partial charge on any atom is -0.347 e. The Hall–Kier alpha value is -3.81. The largest absolute Gasteiger partial charge is 0.347 e. The number of nitrogens with zero attached hydrogens (tertiary/aromatic N) is 3. The van der Waals surface area contributed by atoms with E-state index in [1.165, 1.54) is 18.2 Å². The number of carbonyl (C=O) groups excluding carboxylic acids is 1. The number of para-hydroxylation sites is 2. The summed E-state index contributed by atoms with van der Waals surface area (Å²) in [5, 5.41) is 7.05. The third kappa shape index (κ3) is 3.91. The molecular formula is C21H18FN5O2. The lowest BCUT2D eigenvalue weighted by Gasteiger charge is -2.14. The van der Waals surface area contributed by atoms with Gasteiger partial charge in [-0.25, -0.2) is 14.1 Å². The number of imidazole rings is 1. The van der Waals surface area contributed by atoms with Gasteiger partial charge in [0.05, 0.1) is 23.3 Å². The second-order valence-electron chi connectivity index (χ2n) is 6.60. The van der Waals surface area contributed by atoms with E-state index in [-0.39, 0.29) is 18.3 Å². The van der Waals surface area contributed by atoms with Crippen molar-refractivity contribution in [3.63, 3.8) is 0 Å². The van der Waals surface area contributed by atoms with Crippen LogP contribution < -0.4 is 10.9 Å². The number of H-pyrrole nitrogens is 1. The summed E-state index contributed by atoms with van der Waals surface area (Å²) in [5.74, 6) is -0.108. The quantitative estimate of drug-likeness (QED) is 0.547. The van der Waals surface area contributed by atoms with Crippen molar-refractivity contribution < 1.29 is 9.18 Å². The SMILES string of the molecule is C[C@H](C(=O)NCc1nc2ccccc2[nH]1)n1nc(-c2ccc(F)cc2)ccc1=O. The van der Waals surface area contributed by atoms with Gasteiger partial charge < -0.3 is 10.3 Å². The number of fused-ring (bicyclic) bond motifs is 1. The Morgan fingerprint density at radius 2 is 1.90 bits per heavy atom. The van der Waals surface area contributed by atoms with Gasteiger partial charge in [-0.05, 0) is 49.4 Å². The zero-order valence-corrected chi connectivity index (χ0v) is 15.6. The Kier molecular flexibility index (Phi) is 4.90. The lowest BCUT2D eigenvalue weighted by atomic mass is 10.1. The Morgan fingerprint density at radius 3 is 2.66 bits per heavy atom. The molecular weight excluding hydrogens is 373 g/mol. The molecule has 0 bridgehead atoms. The Labute approximate surface area is 165 Å². The second-order valence-corrected chi connectivity index (χ2v) is 6.60. The van der Waals surface area contributed by atoms with Crippen LogP contribution in [0.5, 0.6) is 0 Å². The van der Waals surface area contributed by atoms with Crippen molar-refractivity contribution in [2.24, 2.45) is 0 Å². The van der Waals surface area contributed by atoms with E-state index in [2.05, 4.69) is 20.4 Å². The fourth-order valence-electron chi connectivity index (χ4n) is 3.00. The molecule has 0 aliphatic rings. The van der Waals surface area contributed by atoms with Crippen LogP contribution in [0.1, 0.15) is 18.8 Å². The van der Waals surface area contributed by atoms with Gasteiger partial charge >= 0.3 is 0 Å². The number of hydrogen-bond donors (Lipinski definition) is 2. The highest BCUT2D eigenvalue weighted by molar-refractivity contribution is 5.80. The number of carbonyl (C=O) groups is 1. The molecule has 2 aromatic carbocycles. The van der Waals surface area contributed by atoms with Crippen LogP contribution in [0.4, 0.5) is 4.39 Å². The normalized spacial score (nSPS) is 12.1. The summed E-state index contributed by atoms with van der Waals surface area (Å²) in [5.41, 5.74) is 2.42. The van der Waals surface area contributed by atoms with Crippen LogP contribution in [0.15, 0.2) is 65.5 Å². The van der Waals surface area contributed by atoms with Gasteiger partial charge in [0, 0.05) is 11.6 Å². The minimum atomic E-state index is -0.827. The molecule has 1 atom stereocenters. The van der Waals surface area contributed by atoms with E-state index in [0.717, 1.165) is 15.7 Å². The van der Waals surface area contributed by atoms with Crippen LogP contribution in [0, 0.1) is 5.82 Å². The molecule has 2 heterocycles. The second kappa shape index (κ2) is 7.67. The van der Waals surface area contributed by atoms with E-state index in [0.29, 0.717) is 17.1 Å². The first-order chi connectivity index (χ1) is 14.0. The van der Waals surface area contributed by atoms with Crippen molar-refractivity contribution in [3.8, 4) is 11.3 Å². The molecule has 0 fully saturated rings. The van der Waals surface area contributed by atoms with Gasteiger partial charge in [-0.2, -0.15) is 5.10 Å². The molecule has 0 radical (unpaired) electrons. The molecule has 2 N–H and O–H groups in total. The highest BCUT2D eigenvalue weighted by Crippen LogP contribution is 2.16. The number of rotatable bonds is 5. The van der Waals surface area contributed by atoms with Crippen LogP contribution in [0.3, 0.4) is 0 Å². The average molecular weight is 391 g/mol. The molecule has 2 aromatic heterocycles. The fourth-order valence-corrected chi connectivity index (χ4v) is 3.00. The number of aromatic amines is 1. The van der Waals surface area contributed by atoms with Crippen molar-refractivity contribution >= 4 is 16.9 Å². The van der Waals surface area contributed by atoms with E-state index in [1.54, 1.807) is 25.1 Å². The van der Waals surface area contributed by atoms with Crippen LogP contribution in [-0.4, -0.2) is 25.7 Å². The van der Waals surface area contributed by atoms with Gasteiger partial charge in [0.2, 0.25) is 5.91 Å². The van der Waals surface area contributed by atoms with Crippen molar-refractivity contribution in [3.05, 3.63) is 82.7 Å². The number of halogens is 1. The zero-order valence-electron chi connectivity index (χ0n) is 15.6. The van der Waals surface area contributed by atoms with Crippen molar-refractivity contribution in [2.75, 3.05) is 0 Å². The minimum absolute atomic E-state index is 0.199. The van der Waals surface area contributed by atoms with E-state index in [4.69, 9.17) is 0 Å². The maximum atomic E-state index is 13.1. The molecule has 7 nitrogen and oxygen atoms in total. The number of aromatic nitrogens is 4. The molecule has 0 aliphatic carbocycles. The van der Waals surface area contributed by atoms with E-state index in [1.807, 2.05) is 24.3 Å². The Bertz CT molecular complexity index is 1200. The van der Waals surface area contributed by atoms with Crippen molar-refractivity contribution in [1.29, 1.82) is 0 Å². The van der Waals surface area contributed by atoms with Crippen LogP contribution >= 0.6 is 0 Å². The molecule has 1 amide bonds. The lowest BCUT2D eigenvalue weighted by Crippen LogP contribution is -2.36. The molecule has 0 unspecified atom stereocenters. The Morgan fingerprint density at radius 1 is 1.14 bits per heavy atom. The molecule has 8 heteroatoms. The molecule has 146 valence electrons. The fraction of sp³-hybridized carbons (Fsp3) is 0.143. The number of hydrogen-bond acceptors (Lipinski definition) is 4. The molecule has 29 heavy (non-hydrogen) atoms. The maximum absolute atomic E-state index is 13.1.